The van der Waals surface area contributed by atoms with Crippen LogP contribution in [-0.4, -0.2) is 30.9 Å². The molecule has 4 rings (SSSR count). The van der Waals surface area contributed by atoms with Crippen LogP contribution in [0.15, 0.2) is 48.1 Å². The highest BCUT2D eigenvalue weighted by atomic mass is 35.5. The van der Waals surface area contributed by atoms with Crippen LogP contribution in [0.4, 0.5) is 5.95 Å². The molecule has 0 radical (unpaired) electrons. The first-order chi connectivity index (χ1) is 13.1. The molecule has 7 nitrogen and oxygen atoms in total. The van der Waals surface area contributed by atoms with Crippen molar-refractivity contribution in [1.29, 1.82) is 0 Å². The van der Waals surface area contributed by atoms with Gasteiger partial charge in [-0.1, -0.05) is 35.3 Å². The third-order valence-corrected chi connectivity index (χ3v) is 5.20. The van der Waals surface area contributed by atoms with Crippen LogP contribution in [0, 0.1) is 0 Å². The summed E-state index contributed by atoms with van der Waals surface area (Å²) in [4.78, 5) is 17.4. The molecule has 1 aromatic carbocycles. The molecule has 0 saturated carbocycles. The van der Waals surface area contributed by atoms with Gasteiger partial charge < -0.3 is 0 Å². The van der Waals surface area contributed by atoms with Gasteiger partial charge in [-0.05, 0) is 35.2 Å². The van der Waals surface area contributed by atoms with Gasteiger partial charge in [0.15, 0.2) is 5.69 Å². The summed E-state index contributed by atoms with van der Waals surface area (Å²) >= 11 is 13.6. The Morgan fingerprint density at radius 2 is 2.15 bits per heavy atom. The van der Waals surface area contributed by atoms with Crippen molar-refractivity contribution in [3.8, 4) is 10.6 Å². The van der Waals surface area contributed by atoms with Gasteiger partial charge in [-0.2, -0.15) is 5.10 Å². The highest BCUT2D eigenvalue weighted by Gasteiger charge is 2.14. The van der Waals surface area contributed by atoms with Gasteiger partial charge in [0, 0.05) is 10.0 Å². The van der Waals surface area contributed by atoms with Gasteiger partial charge in [0.05, 0.1) is 17.1 Å². The molecule has 0 fully saturated rings. The Labute approximate surface area is 168 Å². The van der Waals surface area contributed by atoms with E-state index < -0.39 is 5.91 Å². The highest BCUT2D eigenvalue weighted by Crippen LogP contribution is 2.23. The number of hydrogen-bond donors (Lipinski definition) is 2. The van der Waals surface area contributed by atoms with Gasteiger partial charge in [0.2, 0.25) is 5.95 Å². The molecule has 136 valence electrons. The van der Waals surface area contributed by atoms with Crippen LogP contribution in [0.5, 0.6) is 0 Å². The predicted molar refractivity (Wildman–Crippen MR) is 105 cm³/mol. The average Bonchev–Trinajstić information content (AvgIpc) is 3.37. The number of benzene rings is 1. The molecule has 0 aliphatic carbocycles. The lowest BCUT2D eigenvalue weighted by Gasteiger charge is -2.04. The Kier molecular flexibility index (Phi) is 4.93. The number of anilines is 1. The molecule has 0 bridgehead atoms. The molecule has 3 aromatic heterocycles. The van der Waals surface area contributed by atoms with E-state index in [1.165, 1.54) is 6.33 Å². The fraction of sp³-hybridized carbons (Fsp3) is 0.0588. The first-order valence-corrected chi connectivity index (χ1v) is 9.46. The molecule has 0 saturated heterocycles. The maximum atomic E-state index is 12.3. The molecular formula is C17H12Cl2N6OS. The summed E-state index contributed by atoms with van der Waals surface area (Å²) in [5.41, 5.74) is 1.89. The lowest BCUT2D eigenvalue weighted by molar-refractivity contribution is 0.102. The second-order valence-corrected chi connectivity index (χ2v) is 7.39. The molecule has 2 N–H and O–H groups in total. The van der Waals surface area contributed by atoms with E-state index >= 15 is 0 Å². The Morgan fingerprint density at radius 1 is 1.26 bits per heavy atom. The second kappa shape index (κ2) is 7.51. The van der Waals surface area contributed by atoms with Gasteiger partial charge in [0.25, 0.3) is 5.91 Å². The van der Waals surface area contributed by atoms with Crippen LogP contribution in [0.1, 0.15) is 16.1 Å². The quantitative estimate of drug-likeness (QED) is 0.504. The highest BCUT2D eigenvalue weighted by molar-refractivity contribution is 7.13. The number of carbonyl (C=O) groups excluding carboxylic acids is 1. The molecule has 0 atom stereocenters. The van der Waals surface area contributed by atoms with Crippen molar-refractivity contribution in [1.82, 2.24) is 25.0 Å². The van der Waals surface area contributed by atoms with Crippen molar-refractivity contribution >= 4 is 46.4 Å². The molecule has 0 aliphatic rings. The standard InChI is InChI=1S/C17H12Cl2N6OS/c18-11-4-3-10(12(19)6-11)8-25-9-20-17(24-25)21-16(26)14-7-13(22-23-14)15-2-1-5-27-15/h1-7,9H,8H2,(H,22,23)(H,21,24,26). The van der Waals surface area contributed by atoms with Gasteiger partial charge in [-0.3, -0.25) is 15.2 Å². The summed E-state index contributed by atoms with van der Waals surface area (Å²) in [6, 6.07) is 10.8. The molecular weight excluding hydrogens is 407 g/mol. The Hall–Kier alpha value is -2.68. The zero-order chi connectivity index (χ0) is 18.8. The van der Waals surface area contributed by atoms with E-state index in [9.17, 15) is 4.79 Å². The first-order valence-electron chi connectivity index (χ1n) is 7.82. The third-order valence-electron chi connectivity index (χ3n) is 3.71. The topological polar surface area (TPSA) is 88.5 Å². The normalized spacial score (nSPS) is 10.9. The maximum absolute atomic E-state index is 12.3. The summed E-state index contributed by atoms with van der Waals surface area (Å²) in [6.07, 6.45) is 1.52. The van der Waals surface area contributed by atoms with Crippen LogP contribution >= 0.6 is 34.5 Å². The number of aromatic amines is 1. The largest absolute Gasteiger partial charge is 0.288 e. The monoisotopic (exact) mass is 418 g/mol. The van der Waals surface area contributed by atoms with E-state index in [2.05, 4.69) is 25.6 Å². The van der Waals surface area contributed by atoms with Crippen LogP contribution in [0.2, 0.25) is 10.0 Å². The van der Waals surface area contributed by atoms with Gasteiger partial charge in [-0.15, -0.1) is 16.4 Å². The molecule has 27 heavy (non-hydrogen) atoms. The van der Waals surface area contributed by atoms with E-state index in [-0.39, 0.29) is 11.6 Å². The van der Waals surface area contributed by atoms with Gasteiger partial charge in [-0.25, -0.2) is 9.67 Å². The lowest BCUT2D eigenvalue weighted by atomic mass is 10.2. The summed E-state index contributed by atoms with van der Waals surface area (Å²) in [6.45, 7) is 0.407. The summed E-state index contributed by atoms with van der Waals surface area (Å²) in [5.74, 6) is -0.206. The number of carbonyl (C=O) groups is 1. The lowest BCUT2D eigenvalue weighted by Crippen LogP contribution is -2.14. The predicted octanol–water partition coefficient (Wildman–Crippen LogP) is 4.34. The van der Waals surface area contributed by atoms with Crippen LogP contribution in [0.25, 0.3) is 10.6 Å². The van der Waals surface area contributed by atoms with E-state index in [4.69, 9.17) is 23.2 Å². The maximum Gasteiger partial charge on any atom is 0.278 e. The van der Waals surface area contributed by atoms with Crippen molar-refractivity contribution in [3.63, 3.8) is 0 Å². The number of amides is 1. The SMILES string of the molecule is O=C(Nc1ncn(Cc2ccc(Cl)cc2Cl)n1)c1cc(-c2cccs2)[nH]n1. The molecule has 4 aromatic rings. The van der Waals surface area contributed by atoms with Gasteiger partial charge >= 0.3 is 0 Å². The number of rotatable bonds is 5. The molecule has 0 aliphatic heterocycles. The fourth-order valence-corrected chi connectivity index (χ4v) is 3.57. The fourth-order valence-electron chi connectivity index (χ4n) is 2.41. The summed E-state index contributed by atoms with van der Waals surface area (Å²) in [7, 11) is 0. The number of H-pyrrole nitrogens is 1. The van der Waals surface area contributed by atoms with E-state index in [1.807, 2.05) is 23.6 Å². The Morgan fingerprint density at radius 3 is 2.93 bits per heavy atom. The zero-order valence-electron chi connectivity index (χ0n) is 13.7. The number of aromatic nitrogens is 5. The minimum atomic E-state index is -0.392. The summed E-state index contributed by atoms with van der Waals surface area (Å²) in [5, 5.41) is 16.8. The summed E-state index contributed by atoms with van der Waals surface area (Å²) < 4.78 is 1.58. The molecule has 10 heteroatoms. The minimum Gasteiger partial charge on any atom is -0.288 e. The van der Waals surface area contributed by atoms with E-state index in [0.717, 1.165) is 16.1 Å². The molecule has 0 spiro atoms. The molecule has 1 amide bonds. The van der Waals surface area contributed by atoms with E-state index in [1.54, 1.807) is 34.2 Å². The van der Waals surface area contributed by atoms with Crippen molar-refractivity contribution in [2.45, 2.75) is 6.54 Å². The molecule has 3 heterocycles. The number of hydrogen-bond acceptors (Lipinski definition) is 5. The zero-order valence-corrected chi connectivity index (χ0v) is 16.0. The second-order valence-electron chi connectivity index (χ2n) is 5.60. The van der Waals surface area contributed by atoms with Crippen LogP contribution in [0.3, 0.4) is 0 Å². The minimum absolute atomic E-state index is 0.186. The Balaban J connectivity index is 1.44. The average molecular weight is 419 g/mol. The number of thiophene rings is 1. The van der Waals surface area contributed by atoms with Crippen molar-refractivity contribution in [2.24, 2.45) is 0 Å². The van der Waals surface area contributed by atoms with Gasteiger partial charge in [0.1, 0.15) is 6.33 Å². The first kappa shape index (κ1) is 17.7. The van der Waals surface area contributed by atoms with E-state index in [0.29, 0.717) is 16.6 Å². The number of nitrogens with zero attached hydrogens (tertiary/aromatic N) is 4. The molecule has 0 unspecified atom stereocenters. The Bertz CT molecular complexity index is 1090. The van der Waals surface area contributed by atoms with Crippen LogP contribution in [-0.2, 0) is 6.54 Å². The number of halogens is 2. The smallest absolute Gasteiger partial charge is 0.278 e. The third kappa shape index (κ3) is 4.02. The van der Waals surface area contributed by atoms with Crippen molar-refractivity contribution in [3.05, 3.63) is 69.4 Å². The van der Waals surface area contributed by atoms with Crippen molar-refractivity contribution in [2.75, 3.05) is 5.32 Å². The van der Waals surface area contributed by atoms with Crippen molar-refractivity contribution < 1.29 is 4.79 Å². The number of nitrogens with one attached hydrogen (secondary N) is 2. The van der Waals surface area contributed by atoms with Crippen LogP contribution < -0.4 is 5.32 Å².